The van der Waals surface area contributed by atoms with Gasteiger partial charge in [-0.25, -0.2) is 9.59 Å². The Kier molecular flexibility index (Phi) is 13.7. The van der Waals surface area contributed by atoms with Gasteiger partial charge < -0.3 is 31.1 Å². The van der Waals surface area contributed by atoms with Crippen molar-refractivity contribution in [2.75, 3.05) is 0 Å². The molecule has 0 aliphatic carbocycles. The van der Waals surface area contributed by atoms with Crippen molar-refractivity contribution in [3.8, 4) is 0 Å². The van der Waals surface area contributed by atoms with Crippen LogP contribution in [0.3, 0.4) is 0 Å². The van der Waals surface area contributed by atoms with E-state index in [2.05, 4.69) is 12.2 Å². The Hall–Kier alpha value is -2.54. The first kappa shape index (κ1) is 31.7. The zero-order chi connectivity index (χ0) is 28.1. The summed E-state index contributed by atoms with van der Waals surface area (Å²) in [6.07, 6.45) is 9.07. The Labute approximate surface area is 222 Å². The number of aromatic nitrogens is 2. The summed E-state index contributed by atoms with van der Waals surface area (Å²) in [4.78, 5) is 49.8. The van der Waals surface area contributed by atoms with Crippen molar-refractivity contribution < 1.29 is 29.6 Å². The minimum absolute atomic E-state index is 0.377. The van der Waals surface area contributed by atoms with Crippen LogP contribution >= 0.6 is 0 Å². The van der Waals surface area contributed by atoms with Gasteiger partial charge in [-0.3, -0.25) is 19.1 Å². The second kappa shape index (κ2) is 16.4. The Morgan fingerprint density at radius 3 is 2.08 bits per heavy atom. The lowest BCUT2D eigenvalue weighted by molar-refractivity contribution is -0.149. The predicted octanol–water partition coefficient (Wildman–Crippen LogP) is 1.14. The molecule has 1 aliphatic rings. The van der Waals surface area contributed by atoms with Crippen LogP contribution in [0.4, 0.5) is 0 Å². The molecule has 0 bridgehead atoms. The zero-order valence-electron chi connectivity index (χ0n) is 22.2. The summed E-state index contributed by atoms with van der Waals surface area (Å²) in [5.41, 5.74) is 4.39. The van der Waals surface area contributed by atoms with E-state index in [-0.39, 0.29) is 0 Å². The van der Waals surface area contributed by atoms with Gasteiger partial charge in [0.1, 0.15) is 18.3 Å². The lowest BCUT2D eigenvalue weighted by atomic mass is 10.0. The van der Waals surface area contributed by atoms with Crippen LogP contribution in [0.1, 0.15) is 96.6 Å². The summed E-state index contributed by atoms with van der Waals surface area (Å²) < 4.78 is 6.31. The number of amides is 1. The number of carboxylic acids is 1. The number of hydrogen-bond acceptors (Lipinski definition) is 8. The van der Waals surface area contributed by atoms with Gasteiger partial charge >= 0.3 is 11.7 Å². The highest BCUT2D eigenvalue weighted by Gasteiger charge is 2.50. The van der Waals surface area contributed by atoms with Crippen molar-refractivity contribution >= 4 is 11.9 Å². The van der Waals surface area contributed by atoms with Crippen LogP contribution in [0.15, 0.2) is 21.9 Å². The van der Waals surface area contributed by atoms with Crippen molar-refractivity contribution in [3.05, 3.63) is 33.1 Å². The van der Waals surface area contributed by atoms with Crippen LogP contribution in [0, 0.1) is 0 Å². The first-order chi connectivity index (χ1) is 18.2. The van der Waals surface area contributed by atoms with Crippen LogP contribution in [-0.4, -0.2) is 67.1 Å². The molecule has 216 valence electrons. The highest BCUT2D eigenvalue weighted by molar-refractivity contribution is 5.87. The van der Waals surface area contributed by atoms with Gasteiger partial charge in [-0.1, -0.05) is 84.0 Å². The minimum atomic E-state index is -1.73. The third-order valence-corrected chi connectivity index (χ3v) is 7.00. The van der Waals surface area contributed by atoms with Crippen LogP contribution in [0.5, 0.6) is 0 Å². The van der Waals surface area contributed by atoms with Crippen molar-refractivity contribution in [1.82, 2.24) is 14.9 Å². The third-order valence-electron chi connectivity index (χ3n) is 7.00. The lowest BCUT2D eigenvalue weighted by Gasteiger charge is -2.24. The van der Waals surface area contributed by atoms with Gasteiger partial charge in [0.25, 0.3) is 5.56 Å². The first-order valence-electron chi connectivity index (χ1n) is 13.8. The summed E-state index contributed by atoms with van der Waals surface area (Å²) in [6, 6.07) is -1.65. The Morgan fingerprint density at radius 2 is 1.55 bits per heavy atom. The number of rotatable bonds is 18. The second-order valence-corrected chi connectivity index (χ2v) is 10.1. The SMILES string of the molecule is CCCCCCCCCCCCCC[C@@H](N)C(=O)N[C@H](C(=O)O)C1O[C@@H](n2ccc(=O)[nH]c2=O)[C@H](O)[C@@H]1O. The standard InChI is InChI=1S/C26H44N4O8/c1-2-3-4-5-6-7-8-9-10-11-12-13-14-17(27)23(34)29-19(25(35)36)22-20(32)21(33)24(38-22)30-16-15-18(31)28-26(30)37/h15-17,19-22,24,32-33H,2-14,27H2,1H3,(H,29,34)(H,35,36)(H,28,31,37)/t17-,19+,20+,21-,22?,24-/m1/s1. The van der Waals surface area contributed by atoms with Gasteiger partial charge in [0.05, 0.1) is 6.04 Å². The summed E-state index contributed by atoms with van der Waals surface area (Å²) in [5, 5.41) is 32.7. The smallest absolute Gasteiger partial charge is 0.330 e. The second-order valence-electron chi connectivity index (χ2n) is 10.1. The molecule has 1 amide bonds. The fourth-order valence-electron chi connectivity index (χ4n) is 4.70. The van der Waals surface area contributed by atoms with E-state index in [4.69, 9.17) is 10.5 Å². The van der Waals surface area contributed by atoms with Crippen molar-refractivity contribution in [1.29, 1.82) is 0 Å². The number of nitrogens with one attached hydrogen (secondary N) is 2. The lowest BCUT2D eigenvalue weighted by Crippen LogP contribution is -2.56. The minimum Gasteiger partial charge on any atom is -0.480 e. The predicted molar refractivity (Wildman–Crippen MR) is 140 cm³/mol. The van der Waals surface area contributed by atoms with E-state index < -0.39 is 59.7 Å². The molecule has 0 radical (unpaired) electrons. The van der Waals surface area contributed by atoms with E-state index in [0.29, 0.717) is 6.42 Å². The molecule has 6 atom stereocenters. The van der Waals surface area contributed by atoms with Crippen LogP contribution < -0.4 is 22.3 Å². The average molecular weight is 541 g/mol. The maximum atomic E-state index is 12.6. The number of H-pyrrole nitrogens is 1. The largest absolute Gasteiger partial charge is 0.480 e. The summed E-state index contributed by atoms with van der Waals surface area (Å²) >= 11 is 0. The summed E-state index contributed by atoms with van der Waals surface area (Å²) in [5.74, 6) is -2.21. The molecule has 0 aromatic carbocycles. The molecule has 0 saturated carbocycles. The molecule has 1 aromatic rings. The van der Waals surface area contributed by atoms with Crippen molar-refractivity contribution in [2.24, 2.45) is 5.73 Å². The molecule has 1 aliphatic heterocycles. The summed E-state index contributed by atoms with van der Waals surface area (Å²) in [6.45, 7) is 2.22. The number of carbonyl (C=O) groups is 2. The average Bonchev–Trinajstić information content (AvgIpc) is 3.16. The molecule has 0 spiro atoms. The number of hydrogen-bond donors (Lipinski definition) is 6. The third kappa shape index (κ3) is 9.64. The van der Waals surface area contributed by atoms with E-state index >= 15 is 0 Å². The maximum absolute atomic E-state index is 12.6. The number of carboxylic acid groups (broad SMARTS) is 1. The van der Waals surface area contributed by atoms with E-state index in [1.807, 2.05) is 4.98 Å². The van der Waals surface area contributed by atoms with E-state index in [9.17, 15) is 34.5 Å². The number of unbranched alkanes of at least 4 members (excludes halogenated alkanes) is 11. The van der Waals surface area contributed by atoms with Gasteiger partial charge in [-0.2, -0.15) is 0 Å². The van der Waals surface area contributed by atoms with E-state index in [1.165, 1.54) is 51.4 Å². The van der Waals surface area contributed by atoms with Crippen molar-refractivity contribution in [3.63, 3.8) is 0 Å². The maximum Gasteiger partial charge on any atom is 0.330 e. The molecule has 2 heterocycles. The van der Waals surface area contributed by atoms with Crippen LogP contribution in [0.25, 0.3) is 0 Å². The number of nitrogens with zero attached hydrogens (tertiary/aromatic N) is 1. The quantitative estimate of drug-likeness (QED) is 0.148. The molecule has 12 nitrogen and oxygen atoms in total. The first-order valence-corrected chi connectivity index (χ1v) is 13.8. The molecular formula is C26H44N4O8. The van der Waals surface area contributed by atoms with Crippen LogP contribution in [-0.2, 0) is 14.3 Å². The van der Waals surface area contributed by atoms with Gasteiger partial charge in [-0.05, 0) is 6.42 Å². The highest BCUT2D eigenvalue weighted by Crippen LogP contribution is 2.30. The monoisotopic (exact) mass is 540 g/mol. The number of ether oxygens (including phenoxy) is 1. The molecule has 1 saturated heterocycles. The molecule has 1 fully saturated rings. The number of aliphatic hydroxyl groups excluding tert-OH is 2. The van der Waals surface area contributed by atoms with E-state index in [1.54, 1.807) is 0 Å². The molecule has 1 aromatic heterocycles. The van der Waals surface area contributed by atoms with Crippen molar-refractivity contribution in [2.45, 2.75) is 127 Å². The summed E-state index contributed by atoms with van der Waals surface area (Å²) in [7, 11) is 0. The number of nitrogens with two attached hydrogens (primary N) is 1. The normalized spacial score (nSPS) is 22.7. The highest BCUT2D eigenvalue weighted by atomic mass is 16.6. The number of aliphatic carboxylic acids is 1. The molecular weight excluding hydrogens is 496 g/mol. The van der Waals surface area contributed by atoms with Gasteiger partial charge in [0.2, 0.25) is 5.91 Å². The number of aliphatic hydroxyl groups is 2. The Bertz CT molecular complexity index is 980. The number of carbonyl (C=O) groups excluding carboxylic acids is 1. The zero-order valence-corrected chi connectivity index (χ0v) is 22.2. The fraction of sp³-hybridized carbons (Fsp3) is 0.769. The van der Waals surface area contributed by atoms with Gasteiger partial charge in [0, 0.05) is 12.3 Å². The molecule has 12 heteroatoms. The molecule has 38 heavy (non-hydrogen) atoms. The fourth-order valence-corrected chi connectivity index (χ4v) is 4.70. The van der Waals surface area contributed by atoms with Gasteiger partial charge in [-0.15, -0.1) is 0 Å². The molecule has 7 N–H and O–H groups in total. The van der Waals surface area contributed by atoms with Crippen LogP contribution in [0.2, 0.25) is 0 Å². The number of aromatic amines is 1. The molecule has 2 rings (SSSR count). The Balaban J connectivity index is 1.76. The Morgan fingerprint density at radius 1 is 1.00 bits per heavy atom. The van der Waals surface area contributed by atoms with E-state index in [0.717, 1.165) is 42.5 Å². The molecule has 1 unspecified atom stereocenters. The van der Waals surface area contributed by atoms with Gasteiger partial charge in [0.15, 0.2) is 12.3 Å². The topological polar surface area (TPSA) is 197 Å².